The fraction of sp³-hybridized carbons (Fsp3) is 0.733. The van der Waals surface area contributed by atoms with Crippen molar-refractivity contribution in [2.45, 2.75) is 51.3 Å². The second-order valence-corrected chi connectivity index (χ2v) is 6.03. The highest BCUT2D eigenvalue weighted by Gasteiger charge is 2.43. The van der Waals surface area contributed by atoms with Gasteiger partial charge in [0.1, 0.15) is 12.1 Å². The molecule has 2 saturated heterocycles. The minimum Gasteiger partial charge on any atom is -0.481 e. The number of hydrogen-bond donors (Lipinski definition) is 0. The van der Waals surface area contributed by atoms with E-state index in [-0.39, 0.29) is 24.2 Å². The predicted molar refractivity (Wildman–Crippen MR) is 77.1 cm³/mol. The molecule has 21 heavy (non-hydrogen) atoms. The number of likely N-dealkylation sites (tertiary alicyclic amines) is 1. The van der Waals surface area contributed by atoms with Crippen LogP contribution in [0.1, 0.15) is 43.5 Å². The monoisotopic (exact) mass is 293 g/mol. The van der Waals surface area contributed by atoms with E-state index in [1.807, 2.05) is 20.9 Å². The molecule has 3 heterocycles. The van der Waals surface area contributed by atoms with Crippen LogP contribution in [0.3, 0.4) is 0 Å². The Kier molecular flexibility index (Phi) is 3.65. The first-order chi connectivity index (χ1) is 10.0. The number of esters is 1. The van der Waals surface area contributed by atoms with Crippen LogP contribution < -0.4 is 4.74 Å². The molecule has 0 N–H and O–H groups in total. The third-order valence-electron chi connectivity index (χ3n) is 4.58. The van der Waals surface area contributed by atoms with E-state index in [1.54, 1.807) is 11.8 Å². The van der Waals surface area contributed by atoms with Crippen LogP contribution >= 0.6 is 0 Å². The summed E-state index contributed by atoms with van der Waals surface area (Å²) in [5, 5.41) is 4.47. The van der Waals surface area contributed by atoms with Crippen molar-refractivity contribution in [3.05, 3.63) is 11.3 Å². The summed E-state index contributed by atoms with van der Waals surface area (Å²) < 4.78 is 12.6. The molecule has 0 radical (unpaired) electrons. The first kappa shape index (κ1) is 14.4. The lowest BCUT2D eigenvalue weighted by Crippen LogP contribution is -2.38. The van der Waals surface area contributed by atoms with Crippen molar-refractivity contribution < 1.29 is 14.3 Å². The number of rotatable bonds is 3. The average Bonchev–Trinajstić information content (AvgIpc) is 3.07. The summed E-state index contributed by atoms with van der Waals surface area (Å²) in [5.74, 6) is 0.707. The summed E-state index contributed by atoms with van der Waals surface area (Å²) in [6, 6.07) is 0.0633. The summed E-state index contributed by atoms with van der Waals surface area (Å²) in [6.07, 6.45) is 2.90. The molecule has 1 aromatic heterocycles. The van der Waals surface area contributed by atoms with Crippen molar-refractivity contribution >= 4 is 5.97 Å². The molecule has 2 aliphatic heterocycles. The van der Waals surface area contributed by atoms with Crippen LogP contribution in [0.2, 0.25) is 0 Å². The van der Waals surface area contributed by atoms with Crippen LogP contribution in [0.5, 0.6) is 5.88 Å². The first-order valence-corrected chi connectivity index (χ1v) is 7.56. The van der Waals surface area contributed by atoms with Crippen molar-refractivity contribution in [3.63, 3.8) is 0 Å². The van der Waals surface area contributed by atoms with Gasteiger partial charge in [-0.3, -0.25) is 9.69 Å². The highest BCUT2D eigenvalue weighted by Crippen LogP contribution is 2.41. The zero-order valence-corrected chi connectivity index (χ0v) is 13.1. The van der Waals surface area contributed by atoms with E-state index in [0.717, 1.165) is 42.9 Å². The molecular weight excluding hydrogens is 270 g/mol. The van der Waals surface area contributed by atoms with Gasteiger partial charge in [0.15, 0.2) is 0 Å². The van der Waals surface area contributed by atoms with Gasteiger partial charge in [0.05, 0.1) is 18.4 Å². The van der Waals surface area contributed by atoms with Gasteiger partial charge in [0.2, 0.25) is 5.88 Å². The number of methoxy groups -OCH3 is 1. The SMILES string of the molecule is COc1c([C@@H]2CCCN2[C@H]2C[C@H](C)OC2=O)c(C)nn1C. The van der Waals surface area contributed by atoms with E-state index in [2.05, 4.69) is 10.00 Å². The van der Waals surface area contributed by atoms with Crippen LogP contribution in [-0.4, -0.2) is 46.5 Å². The molecule has 0 spiro atoms. The summed E-state index contributed by atoms with van der Waals surface area (Å²) in [4.78, 5) is 14.4. The lowest BCUT2D eigenvalue weighted by molar-refractivity contribution is -0.145. The van der Waals surface area contributed by atoms with Crippen LogP contribution in [-0.2, 0) is 16.6 Å². The zero-order chi connectivity index (χ0) is 15.1. The summed E-state index contributed by atoms with van der Waals surface area (Å²) >= 11 is 0. The maximum atomic E-state index is 12.1. The Morgan fingerprint density at radius 3 is 2.76 bits per heavy atom. The van der Waals surface area contributed by atoms with E-state index in [9.17, 15) is 4.79 Å². The molecule has 1 aromatic rings. The fourth-order valence-corrected chi connectivity index (χ4v) is 3.76. The Morgan fingerprint density at radius 2 is 2.14 bits per heavy atom. The minimum atomic E-state index is -0.128. The number of aromatic nitrogens is 2. The summed E-state index contributed by atoms with van der Waals surface area (Å²) in [5.41, 5.74) is 2.09. The molecule has 2 aliphatic rings. The second kappa shape index (κ2) is 5.33. The molecule has 0 amide bonds. The van der Waals surface area contributed by atoms with E-state index < -0.39 is 0 Å². The van der Waals surface area contributed by atoms with Gasteiger partial charge in [-0.1, -0.05) is 0 Å². The van der Waals surface area contributed by atoms with Crippen molar-refractivity contribution in [1.82, 2.24) is 14.7 Å². The third-order valence-corrected chi connectivity index (χ3v) is 4.58. The van der Waals surface area contributed by atoms with Crippen LogP contribution in [0, 0.1) is 6.92 Å². The Labute approximate surface area is 125 Å². The minimum absolute atomic E-state index is 0.0145. The van der Waals surface area contributed by atoms with Crippen molar-refractivity contribution in [2.75, 3.05) is 13.7 Å². The van der Waals surface area contributed by atoms with Gasteiger partial charge >= 0.3 is 5.97 Å². The molecule has 6 nitrogen and oxygen atoms in total. The Bertz CT molecular complexity index is 555. The number of hydrogen-bond acceptors (Lipinski definition) is 5. The number of aryl methyl sites for hydroxylation is 2. The molecule has 0 aromatic carbocycles. The number of cyclic esters (lactones) is 1. The predicted octanol–water partition coefficient (Wildman–Crippen LogP) is 1.58. The number of carbonyl (C=O) groups is 1. The fourth-order valence-electron chi connectivity index (χ4n) is 3.76. The van der Waals surface area contributed by atoms with Crippen LogP contribution in [0.4, 0.5) is 0 Å². The lowest BCUT2D eigenvalue weighted by Gasteiger charge is -2.28. The molecule has 0 saturated carbocycles. The van der Waals surface area contributed by atoms with Gasteiger partial charge in [-0.25, -0.2) is 4.68 Å². The van der Waals surface area contributed by atoms with Gasteiger partial charge in [0, 0.05) is 19.5 Å². The average molecular weight is 293 g/mol. The Morgan fingerprint density at radius 1 is 1.38 bits per heavy atom. The molecule has 3 rings (SSSR count). The molecule has 3 atom stereocenters. The number of ether oxygens (including phenoxy) is 2. The third kappa shape index (κ3) is 2.31. The summed E-state index contributed by atoms with van der Waals surface area (Å²) in [6.45, 7) is 4.89. The standard InChI is InChI=1S/C15H23N3O3/c1-9-8-12(15(19)21-9)18-7-5-6-11(18)13-10(2)16-17(3)14(13)20-4/h9,11-12H,5-8H2,1-4H3/t9-,11-,12-/m0/s1. The highest BCUT2D eigenvalue weighted by molar-refractivity contribution is 5.78. The zero-order valence-electron chi connectivity index (χ0n) is 13.1. The smallest absolute Gasteiger partial charge is 0.323 e. The van der Waals surface area contributed by atoms with Gasteiger partial charge < -0.3 is 9.47 Å². The molecule has 116 valence electrons. The van der Waals surface area contributed by atoms with E-state index >= 15 is 0 Å². The van der Waals surface area contributed by atoms with Crippen molar-refractivity contribution in [2.24, 2.45) is 7.05 Å². The quantitative estimate of drug-likeness (QED) is 0.792. The highest BCUT2D eigenvalue weighted by atomic mass is 16.6. The number of carbonyl (C=O) groups excluding carboxylic acids is 1. The largest absolute Gasteiger partial charge is 0.481 e. The molecule has 6 heteroatoms. The van der Waals surface area contributed by atoms with E-state index in [4.69, 9.17) is 9.47 Å². The molecule has 0 aliphatic carbocycles. The van der Waals surface area contributed by atoms with E-state index in [0.29, 0.717) is 0 Å². The molecular formula is C15H23N3O3. The molecule has 0 bridgehead atoms. The summed E-state index contributed by atoms with van der Waals surface area (Å²) in [7, 11) is 3.56. The second-order valence-electron chi connectivity index (χ2n) is 6.03. The molecule has 2 fully saturated rings. The van der Waals surface area contributed by atoms with Gasteiger partial charge in [-0.15, -0.1) is 0 Å². The maximum Gasteiger partial charge on any atom is 0.323 e. The topological polar surface area (TPSA) is 56.6 Å². The Hall–Kier alpha value is -1.56. The van der Waals surface area contributed by atoms with Gasteiger partial charge in [0.25, 0.3) is 0 Å². The molecule has 0 unspecified atom stereocenters. The van der Waals surface area contributed by atoms with Gasteiger partial charge in [-0.05, 0) is 33.2 Å². The number of nitrogens with zero attached hydrogens (tertiary/aromatic N) is 3. The van der Waals surface area contributed by atoms with Gasteiger partial charge in [-0.2, -0.15) is 5.10 Å². The first-order valence-electron chi connectivity index (χ1n) is 7.56. The van der Waals surface area contributed by atoms with Crippen LogP contribution in [0.25, 0.3) is 0 Å². The lowest BCUT2D eigenvalue weighted by atomic mass is 10.0. The van der Waals surface area contributed by atoms with E-state index in [1.165, 1.54) is 0 Å². The Balaban J connectivity index is 1.93. The maximum absolute atomic E-state index is 12.1. The van der Waals surface area contributed by atoms with Crippen LogP contribution in [0.15, 0.2) is 0 Å². The van der Waals surface area contributed by atoms with Crippen molar-refractivity contribution in [3.8, 4) is 5.88 Å². The normalized spacial score (nSPS) is 29.9. The van der Waals surface area contributed by atoms with Crippen molar-refractivity contribution in [1.29, 1.82) is 0 Å².